The molecule has 2 fully saturated rings. The summed E-state index contributed by atoms with van der Waals surface area (Å²) in [5.74, 6) is 0. The molecule has 1 aromatic rings. The van der Waals surface area contributed by atoms with Crippen LogP contribution in [-0.4, -0.2) is 10.7 Å². The summed E-state index contributed by atoms with van der Waals surface area (Å²) in [5.41, 5.74) is 8.36. The Morgan fingerprint density at radius 1 is 1.06 bits per heavy atom. The molecule has 0 saturated heterocycles. The highest BCUT2D eigenvalue weighted by Crippen LogP contribution is 2.43. The largest absolute Gasteiger partial charge is 0.390 e. The third-order valence-electron chi connectivity index (χ3n) is 4.02. The molecule has 0 atom stereocenters. The Bertz CT molecular complexity index is 388. The van der Waals surface area contributed by atoms with Crippen molar-refractivity contribution >= 4 is 0 Å². The molecule has 0 unspecified atom stereocenters. The molecule has 0 aromatic heterocycles. The average molecular weight is 217 g/mol. The van der Waals surface area contributed by atoms with E-state index in [1.807, 2.05) is 0 Å². The van der Waals surface area contributed by atoms with E-state index in [0.29, 0.717) is 0 Å². The molecule has 86 valence electrons. The molecule has 2 aliphatic rings. The van der Waals surface area contributed by atoms with E-state index in [2.05, 4.69) is 24.3 Å². The molecular weight excluding hydrogens is 198 g/mol. The SMILES string of the molecule is NC1(c2ccc(CCC3(O)CC3)cc2)CC1. The maximum absolute atomic E-state index is 9.76. The first-order valence-electron chi connectivity index (χ1n) is 6.20. The molecule has 0 bridgehead atoms. The van der Waals surface area contributed by atoms with E-state index in [1.54, 1.807) is 0 Å². The van der Waals surface area contributed by atoms with Gasteiger partial charge in [-0.2, -0.15) is 0 Å². The second-order valence-electron chi connectivity index (χ2n) is 5.58. The van der Waals surface area contributed by atoms with E-state index < -0.39 is 0 Å². The molecule has 2 aliphatic carbocycles. The predicted octanol–water partition coefficient (Wildman–Crippen LogP) is 2.09. The van der Waals surface area contributed by atoms with Gasteiger partial charge in [0.25, 0.3) is 0 Å². The van der Waals surface area contributed by atoms with Gasteiger partial charge in [0.1, 0.15) is 0 Å². The van der Waals surface area contributed by atoms with Crippen LogP contribution in [-0.2, 0) is 12.0 Å². The zero-order valence-electron chi connectivity index (χ0n) is 9.58. The van der Waals surface area contributed by atoms with Crippen molar-refractivity contribution in [3.8, 4) is 0 Å². The Morgan fingerprint density at radius 3 is 2.19 bits per heavy atom. The molecule has 3 rings (SSSR count). The van der Waals surface area contributed by atoms with Crippen LogP contribution in [0.4, 0.5) is 0 Å². The van der Waals surface area contributed by atoms with Crippen molar-refractivity contribution in [1.82, 2.24) is 0 Å². The highest BCUT2D eigenvalue weighted by atomic mass is 16.3. The van der Waals surface area contributed by atoms with Gasteiger partial charge in [-0.3, -0.25) is 0 Å². The van der Waals surface area contributed by atoms with Crippen LogP contribution < -0.4 is 5.73 Å². The van der Waals surface area contributed by atoms with Gasteiger partial charge in [-0.1, -0.05) is 24.3 Å². The number of benzene rings is 1. The normalized spacial score (nSPS) is 24.1. The van der Waals surface area contributed by atoms with Crippen molar-refractivity contribution in [3.05, 3.63) is 35.4 Å². The molecule has 1 aromatic carbocycles. The number of rotatable bonds is 4. The van der Waals surface area contributed by atoms with Gasteiger partial charge in [-0.25, -0.2) is 0 Å². The molecule has 16 heavy (non-hydrogen) atoms. The summed E-state index contributed by atoms with van der Waals surface area (Å²) in [6.45, 7) is 0. The smallest absolute Gasteiger partial charge is 0.0653 e. The Labute approximate surface area is 96.5 Å². The zero-order valence-corrected chi connectivity index (χ0v) is 9.58. The minimum Gasteiger partial charge on any atom is -0.390 e. The molecule has 3 N–H and O–H groups in total. The van der Waals surface area contributed by atoms with E-state index in [4.69, 9.17) is 5.73 Å². The number of aliphatic hydroxyl groups is 1. The number of hydrogen-bond acceptors (Lipinski definition) is 2. The second-order valence-corrected chi connectivity index (χ2v) is 5.58. The molecule has 0 heterocycles. The van der Waals surface area contributed by atoms with E-state index in [-0.39, 0.29) is 11.1 Å². The molecule has 0 spiro atoms. The van der Waals surface area contributed by atoms with Gasteiger partial charge in [0, 0.05) is 5.54 Å². The fourth-order valence-corrected chi connectivity index (χ4v) is 2.20. The average Bonchev–Trinajstić information content (AvgIpc) is 3.19. The Kier molecular flexibility index (Phi) is 2.13. The van der Waals surface area contributed by atoms with Gasteiger partial charge in [0.2, 0.25) is 0 Å². The highest BCUT2D eigenvalue weighted by molar-refractivity contribution is 5.32. The summed E-state index contributed by atoms with van der Waals surface area (Å²) >= 11 is 0. The van der Waals surface area contributed by atoms with Crippen LogP contribution in [0.3, 0.4) is 0 Å². The van der Waals surface area contributed by atoms with E-state index in [1.165, 1.54) is 11.1 Å². The zero-order chi connectivity index (χ0) is 11.2. The molecule has 2 saturated carbocycles. The Morgan fingerprint density at radius 2 is 1.69 bits per heavy atom. The van der Waals surface area contributed by atoms with E-state index in [0.717, 1.165) is 38.5 Å². The Hall–Kier alpha value is -0.860. The van der Waals surface area contributed by atoms with Crippen molar-refractivity contribution in [1.29, 1.82) is 0 Å². The van der Waals surface area contributed by atoms with E-state index in [9.17, 15) is 5.11 Å². The standard InChI is InChI=1S/C14H19NO/c15-14(9-10-14)12-3-1-11(2-4-12)5-6-13(16)7-8-13/h1-4,16H,5-10,15H2. The van der Waals surface area contributed by atoms with Gasteiger partial charge >= 0.3 is 0 Å². The molecule has 2 heteroatoms. The summed E-state index contributed by atoms with van der Waals surface area (Å²) in [4.78, 5) is 0. The lowest BCUT2D eigenvalue weighted by Gasteiger charge is -2.11. The third kappa shape index (κ3) is 2.00. The quantitative estimate of drug-likeness (QED) is 0.811. The number of nitrogens with two attached hydrogens (primary N) is 1. The lowest BCUT2D eigenvalue weighted by atomic mass is 10.0. The summed E-state index contributed by atoms with van der Waals surface area (Å²) in [6.07, 6.45) is 6.08. The topological polar surface area (TPSA) is 46.2 Å². The van der Waals surface area contributed by atoms with Gasteiger partial charge in [0.05, 0.1) is 5.60 Å². The van der Waals surface area contributed by atoms with Gasteiger partial charge in [-0.05, 0) is 49.7 Å². The Balaban J connectivity index is 1.63. The molecular formula is C14H19NO. The van der Waals surface area contributed by atoms with Crippen molar-refractivity contribution in [2.24, 2.45) is 5.73 Å². The maximum atomic E-state index is 9.76. The second kappa shape index (κ2) is 3.31. The number of hydrogen-bond donors (Lipinski definition) is 2. The van der Waals surface area contributed by atoms with Crippen molar-refractivity contribution in [2.75, 3.05) is 0 Å². The minimum absolute atomic E-state index is 0.0206. The molecule has 0 amide bonds. The van der Waals surface area contributed by atoms with Crippen LogP contribution in [0.2, 0.25) is 0 Å². The molecule has 2 nitrogen and oxygen atoms in total. The summed E-state index contributed by atoms with van der Waals surface area (Å²) in [5, 5.41) is 9.76. The first-order valence-corrected chi connectivity index (χ1v) is 6.20. The summed E-state index contributed by atoms with van der Waals surface area (Å²) in [6, 6.07) is 8.63. The fourth-order valence-electron chi connectivity index (χ4n) is 2.20. The first kappa shape index (κ1) is 10.3. The number of aryl methyl sites for hydroxylation is 1. The predicted molar refractivity (Wildman–Crippen MR) is 64.0 cm³/mol. The van der Waals surface area contributed by atoms with Crippen molar-refractivity contribution in [2.45, 2.75) is 49.7 Å². The lowest BCUT2D eigenvalue weighted by molar-refractivity contribution is 0.140. The summed E-state index contributed by atoms with van der Waals surface area (Å²) < 4.78 is 0. The van der Waals surface area contributed by atoms with Crippen LogP contribution in [0.5, 0.6) is 0 Å². The van der Waals surface area contributed by atoms with Crippen LogP contribution in [0, 0.1) is 0 Å². The van der Waals surface area contributed by atoms with Crippen molar-refractivity contribution < 1.29 is 5.11 Å². The monoisotopic (exact) mass is 217 g/mol. The van der Waals surface area contributed by atoms with Gasteiger partial charge < -0.3 is 10.8 Å². The van der Waals surface area contributed by atoms with Crippen LogP contribution in [0.25, 0.3) is 0 Å². The van der Waals surface area contributed by atoms with Gasteiger partial charge in [-0.15, -0.1) is 0 Å². The molecule has 0 aliphatic heterocycles. The van der Waals surface area contributed by atoms with Crippen LogP contribution >= 0.6 is 0 Å². The maximum Gasteiger partial charge on any atom is 0.0653 e. The van der Waals surface area contributed by atoms with Crippen LogP contribution in [0.15, 0.2) is 24.3 Å². The van der Waals surface area contributed by atoms with Crippen molar-refractivity contribution in [3.63, 3.8) is 0 Å². The van der Waals surface area contributed by atoms with E-state index >= 15 is 0 Å². The summed E-state index contributed by atoms with van der Waals surface area (Å²) in [7, 11) is 0. The third-order valence-corrected chi connectivity index (χ3v) is 4.02. The fraction of sp³-hybridized carbons (Fsp3) is 0.571. The van der Waals surface area contributed by atoms with Crippen LogP contribution in [0.1, 0.15) is 43.2 Å². The molecule has 0 radical (unpaired) electrons. The lowest BCUT2D eigenvalue weighted by Crippen LogP contribution is -2.18. The minimum atomic E-state index is -0.329. The highest BCUT2D eigenvalue weighted by Gasteiger charge is 2.40. The first-order chi connectivity index (χ1) is 7.60. The van der Waals surface area contributed by atoms with Gasteiger partial charge in [0.15, 0.2) is 0 Å².